The molecule has 1 saturated heterocycles. The van der Waals surface area contributed by atoms with Crippen molar-refractivity contribution in [2.45, 2.75) is 30.2 Å². The van der Waals surface area contributed by atoms with Crippen LogP contribution in [-0.4, -0.2) is 55.8 Å². The molecule has 2 atom stereocenters. The van der Waals surface area contributed by atoms with Gasteiger partial charge in [0.2, 0.25) is 15.9 Å². The number of nitro groups is 1. The first kappa shape index (κ1) is 29.8. The molecule has 3 aromatic carbocycles. The number of benzene rings is 3. The molecule has 1 heterocycles. The number of nitrogens with one attached hydrogen (secondary N) is 3. The highest BCUT2D eigenvalue weighted by atomic mass is 35.5. The van der Waals surface area contributed by atoms with E-state index in [0.717, 1.165) is 23.6 Å². The Morgan fingerprint density at radius 3 is 2.59 bits per heavy atom. The number of non-ortho nitro benzene ring substituents is 1. The summed E-state index contributed by atoms with van der Waals surface area (Å²) in [6.07, 6.45) is 1.58. The van der Waals surface area contributed by atoms with Gasteiger partial charge in [-0.1, -0.05) is 42.5 Å². The standard InChI is InChI=1S/C26H30N6O5S.ClH/c27-26(28)31-12-4-6-19(17-31)16-29-25(33)24(14-18-5-3-9-22(13-18)32(34)35)30-38(36,37)23-11-10-20-7-1-2-8-21(20)15-23;/h1-3,5,7-11,13,15,19,24,30H,4,6,12,14,16-17H2,(H3,27,28)(H,29,33);1H/t19-,24+;/m1./s1. The Bertz CT molecular complexity index is 1470. The molecule has 13 heteroatoms. The molecule has 0 radical (unpaired) electrons. The van der Waals surface area contributed by atoms with Gasteiger partial charge in [-0.25, -0.2) is 8.42 Å². The zero-order valence-electron chi connectivity index (χ0n) is 21.1. The van der Waals surface area contributed by atoms with E-state index in [1.807, 2.05) is 18.2 Å². The lowest BCUT2D eigenvalue weighted by Gasteiger charge is -2.33. The molecular weight excluding hydrogens is 544 g/mol. The molecule has 0 saturated carbocycles. The fourth-order valence-corrected chi connectivity index (χ4v) is 5.86. The molecule has 3 aromatic rings. The fourth-order valence-electron chi connectivity index (χ4n) is 4.63. The Morgan fingerprint density at radius 1 is 1.13 bits per heavy atom. The van der Waals surface area contributed by atoms with Crippen molar-refractivity contribution >= 4 is 50.8 Å². The van der Waals surface area contributed by atoms with Gasteiger partial charge in [0.05, 0.1) is 9.82 Å². The fraction of sp³-hybridized carbons (Fsp3) is 0.308. The van der Waals surface area contributed by atoms with E-state index in [-0.39, 0.29) is 47.8 Å². The highest BCUT2D eigenvalue weighted by molar-refractivity contribution is 7.89. The largest absolute Gasteiger partial charge is 0.370 e. The number of carbonyl (C=O) groups is 1. The van der Waals surface area contributed by atoms with Crippen molar-refractivity contribution in [3.05, 3.63) is 82.4 Å². The first-order valence-electron chi connectivity index (χ1n) is 12.2. The van der Waals surface area contributed by atoms with Gasteiger partial charge in [-0.2, -0.15) is 4.72 Å². The van der Waals surface area contributed by atoms with Crippen LogP contribution in [0.15, 0.2) is 71.6 Å². The van der Waals surface area contributed by atoms with Crippen LogP contribution in [0.4, 0.5) is 5.69 Å². The Labute approximate surface area is 232 Å². The number of nitro benzene ring substituents is 1. The SMILES string of the molecule is Cl.N=C(N)N1CCC[C@H](CNC(=O)[C@H](Cc2cccc([N+](=O)[O-])c2)NS(=O)(=O)c2ccc3ccccc3c2)C1. The molecule has 11 nitrogen and oxygen atoms in total. The van der Waals surface area contributed by atoms with E-state index in [9.17, 15) is 23.3 Å². The molecule has 4 rings (SSSR count). The quantitative estimate of drug-likeness (QED) is 0.132. The van der Waals surface area contributed by atoms with Gasteiger partial charge < -0.3 is 16.0 Å². The molecule has 208 valence electrons. The topological polar surface area (TPSA) is 172 Å². The van der Waals surface area contributed by atoms with Crippen LogP contribution < -0.4 is 15.8 Å². The minimum atomic E-state index is -4.10. The van der Waals surface area contributed by atoms with E-state index in [0.29, 0.717) is 18.7 Å². The summed E-state index contributed by atoms with van der Waals surface area (Å²) in [4.78, 5) is 25.7. The molecule has 1 aliphatic heterocycles. The monoisotopic (exact) mass is 574 g/mol. The second-order valence-electron chi connectivity index (χ2n) is 9.40. The number of sulfonamides is 1. The van der Waals surface area contributed by atoms with Crippen LogP contribution in [0.5, 0.6) is 0 Å². The van der Waals surface area contributed by atoms with Crippen molar-refractivity contribution in [3.8, 4) is 0 Å². The number of carbonyl (C=O) groups excluding carboxylic acids is 1. The Hall–Kier alpha value is -3.74. The van der Waals surface area contributed by atoms with Gasteiger partial charge in [0.15, 0.2) is 5.96 Å². The van der Waals surface area contributed by atoms with Crippen molar-refractivity contribution in [2.24, 2.45) is 11.7 Å². The third-order valence-electron chi connectivity index (χ3n) is 6.63. The van der Waals surface area contributed by atoms with Crippen molar-refractivity contribution in [3.63, 3.8) is 0 Å². The van der Waals surface area contributed by atoms with Crippen LogP contribution in [0.2, 0.25) is 0 Å². The van der Waals surface area contributed by atoms with Crippen LogP contribution >= 0.6 is 12.4 Å². The van der Waals surface area contributed by atoms with Crippen molar-refractivity contribution in [2.75, 3.05) is 19.6 Å². The summed E-state index contributed by atoms with van der Waals surface area (Å²) in [7, 11) is -4.10. The first-order valence-corrected chi connectivity index (χ1v) is 13.7. The minimum Gasteiger partial charge on any atom is -0.370 e. The maximum atomic E-state index is 13.3. The molecule has 1 fully saturated rings. The van der Waals surface area contributed by atoms with Crippen LogP contribution in [-0.2, 0) is 21.2 Å². The number of guanidine groups is 1. The zero-order valence-corrected chi connectivity index (χ0v) is 22.7. The van der Waals surface area contributed by atoms with Gasteiger partial charge in [-0.15, -0.1) is 12.4 Å². The summed E-state index contributed by atoms with van der Waals surface area (Å²) in [5.41, 5.74) is 5.91. The number of amides is 1. The number of halogens is 1. The van der Waals surface area contributed by atoms with E-state index < -0.39 is 26.9 Å². The Morgan fingerprint density at radius 2 is 1.87 bits per heavy atom. The third-order valence-corrected chi connectivity index (χ3v) is 8.10. The molecule has 0 unspecified atom stereocenters. The predicted octanol–water partition coefficient (Wildman–Crippen LogP) is 2.78. The molecular formula is C26H31ClN6O5S. The van der Waals surface area contributed by atoms with Gasteiger partial charge >= 0.3 is 0 Å². The van der Waals surface area contributed by atoms with Gasteiger partial charge in [0.1, 0.15) is 6.04 Å². The third kappa shape index (κ3) is 7.65. The van der Waals surface area contributed by atoms with Gasteiger partial charge in [-0.3, -0.25) is 20.3 Å². The summed E-state index contributed by atoms with van der Waals surface area (Å²) in [6.45, 7) is 1.49. The van der Waals surface area contributed by atoms with E-state index in [1.165, 1.54) is 24.3 Å². The molecule has 0 aliphatic carbocycles. The van der Waals surface area contributed by atoms with E-state index in [4.69, 9.17) is 11.1 Å². The lowest BCUT2D eigenvalue weighted by atomic mass is 9.98. The highest BCUT2D eigenvalue weighted by Crippen LogP contribution is 2.21. The summed E-state index contributed by atoms with van der Waals surface area (Å²) in [5.74, 6) is -0.513. The predicted molar refractivity (Wildman–Crippen MR) is 151 cm³/mol. The second kappa shape index (κ2) is 12.9. The number of fused-ring (bicyclic) bond motifs is 1. The van der Waals surface area contributed by atoms with Gasteiger partial charge in [-0.05, 0) is 53.6 Å². The molecule has 1 aliphatic rings. The number of piperidine rings is 1. The number of hydrogen-bond acceptors (Lipinski definition) is 6. The van der Waals surface area contributed by atoms with Crippen LogP contribution in [0.3, 0.4) is 0 Å². The number of nitrogens with zero attached hydrogens (tertiary/aromatic N) is 2. The summed E-state index contributed by atoms with van der Waals surface area (Å²) in [5, 5.41) is 23.3. The maximum Gasteiger partial charge on any atom is 0.269 e. The minimum absolute atomic E-state index is 0. The Kier molecular flexibility index (Phi) is 9.84. The number of rotatable bonds is 9. The normalized spacial score (nSPS) is 16.2. The zero-order chi connectivity index (χ0) is 27.3. The summed E-state index contributed by atoms with van der Waals surface area (Å²) < 4.78 is 29.2. The summed E-state index contributed by atoms with van der Waals surface area (Å²) >= 11 is 0. The maximum absolute atomic E-state index is 13.3. The van der Waals surface area contributed by atoms with E-state index in [2.05, 4.69) is 10.0 Å². The van der Waals surface area contributed by atoms with Crippen molar-refractivity contribution in [1.29, 1.82) is 5.41 Å². The number of nitrogens with two attached hydrogens (primary N) is 1. The van der Waals surface area contributed by atoms with Crippen LogP contribution in [0, 0.1) is 21.4 Å². The smallest absolute Gasteiger partial charge is 0.269 e. The lowest BCUT2D eigenvalue weighted by molar-refractivity contribution is -0.384. The number of hydrogen-bond donors (Lipinski definition) is 4. The average molecular weight is 575 g/mol. The second-order valence-corrected chi connectivity index (χ2v) is 11.1. The molecule has 39 heavy (non-hydrogen) atoms. The average Bonchev–Trinajstić information content (AvgIpc) is 2.91. The first-order chi connectivity index (χ1) is 18.1. The molecule has 0 bridgehead atoms. The van der Waals surface area contributed by atoms with E-state index >= 15 is 0 Å². The lowest BCUT2D eigenvalue weighted by Crippen LogP contribution is -2.51. The van der Waals surface area contributed by atoms with E-state index in [1.54, 1.807) is 29.2 Å². The molecule has 0 spiro atoms. The van der Waals surface area contributed by atoms with Crippen molar-refractivity contribution in [1.82, 2.24) is 14.9 Å². The summed E-state index contributed by atoms with van der Waals surface area (Å²) in [6, 6.07) is 16.6. The molecule has 1 amide bonds. The number of likely N-dealkylation sites (tertiary alicyclic amines) is 1. The highest BCUT2D eigenvalue weighted by Gasteiger charge is 2.28. The van der Waals surface area contributed by atoms with Gasteiger partial charge in [0.25, 0.3) is 5.69 Å². The van der Waals surface area contributed by atoms with Crippen LogP contribution in [0.1, 0.15) is 18.4 Å². The molecule has 0 aromatic heterocycles. The Balaban J connectivity index is 0.00000420. The van der Waals surface area contributed by atoms with Gasteiger partial charge in [0, 0.05) is 31.8 Å². The van der Waals surface area contributed by atoms with Crippen LogP contribution in [0.25, 0.3) is 10.8 Å². The molecule has 5 N–H and O–H groups in total. The van der Waals surface area contributed by atoms with Crippen molar-refractivity contribution < 1.29 is 18.1 Å².